The zero-order chi connectivity index (χ0) is 12.6. The average Bonchev–Trinajstić information content (AvgIpc) is 2.61. The molecule has 17 heavy (non-hydrogen) atoms. The largest absolute Gasteiger partial charge is 0.398 e. The summed E-state index contributed by atoms with van der Waals surface area (Å²) < 4.78 is 1.45. The molecule has 4 nitrogen and oxygen atoms in total. The maximum Gasteiger partial charge on any atom is 0.214 e. The molecule has 0 radical (unpaired) electrons. The van der Waals surface area contributed by atoms with Gasteiger partial charge in [0.15, 0.2) is 0 Å². The Balaban J connectivity index is 2.55. The standard InChI is InChI=1S/C12H12ClN3O/c1-7-3-4-10(14)8(5-7)12(17)11-9(13)6-15-16(11)2/h3-6H,14H2,1-2H3. The van der Waals surface area contributed by atoms with Gasteiger partial charge in [0.1, 0.15) is 5.69 Å². The van der Waals surface area contributed by atoms with Crippen LogP contribution in [0.25, 0.3) is 0 Å². The molecule has 2 aromatic rings. The van der Waals surface area contributed by atoms with Gasteiger partial charge in [-0.25, -0.2) is 0 Å². The van der Waals surface area contributed by atoms with Crippen LogP contribution in [0.2, 0.25) is 5.02 Å². The second-order valence-electron chi connectivity index (χ2n) is 3.88. The molecule has 1 aromatic heterocycles. The molecular weight excluding hydrogens is 238 g/mol. The molecule has 0 saturated heterocycles. The monoisotopic (exact) mass is 249 g/mol. The van der Waals surface area contributed by atoms with Gasteiger partial charge in [0.05, 0.1) is 11.2 Å². The number of hydrogen-bond donors (Lipinski definition) is 1. The highest BCUT2D eigenvalue weighted by Crippen LogP contribution is 2.22. The summed E-state index contributed by atoms with van der Waals surface area (Å²) in [5.74, 6) is -0.212. The van der Waals surface area contributed by atoms with Crippen LogP contribution in [0.4, 0.5) is 5.69 Å². The lowest BCUT2D eigenvalue weighted by Gasteiger charge is -2.06. The molecule has 0 atom stereocenters. The number of aryl methyl sites for hydroxylation is 2. The Morgan fingerprint density at radius 2 is 2.18 bits per heavy atom. The van der Waals surface area contributed by atoms with Crippen LogP contribution in [0.1, 0.15) is 21.6 Å². The first-order chi connectivity index (χ1) is 8.00. The highest BCUT2D eigenvalue weighted by Gasteiger charge is 2.19. The predicted molar refractivity (Wildman–Crippen MR) is 67.2 cm³/mol. The molecule has 0 aliphatic carbocycles. The third-order valence-electron chi connectivity index (χ3n) is 2.56. The number of anilines is 1. The number of halogens is 1. The van der Waals surface area contributed by atoms with Crippen molar-refractivity contribution in [1.82, 2.24) is 9.78 Å². The third kappa shape index (κ3) is 2.03. The molecule has 0 amide bonds. The maximum atomic E-state index is 12.3. The molecule has 1 aromatic carbocycles. The fourth-order valence-electron chi connectivity index (χ4n) is 1.66. The minimum atomic E-state index is -0.212. The molecule has 2 N–H and O–H groups in total. The van der Waals surface area contributed by atoms with Crippen molar-refractivity contribution in [2.45, 2.75) is 6.92 Å². The molecule has 0 aliphatic heterocycles. The van der Waals surface area contributed by atoms with Crippen LogP contribution in [0.3, 0.4) is 0 Å². The van der Waals surface area contributed by atoms with Crippen molar-refractivity contribution < 1.29 is 4.79 Å². The van der Waals surface area contributed by atoms with Gasteiger partial charge in [-0.1, -0.05) is 23.2 Å². The van der Waals surface area contributed by atoms with Gasteiger partial charge >= 0.3 is 0 Å². The van der Waals surface area contributed by atoms with Crippen LogP contribution in [-0.2, 0) is 7.05 Å². The van der Waals surface area contributed by atoms with E-state index < -0.39 is 0 Å². The summed E-state index contributed by atoms with van der Waals surface area (Å²) in [7, 11) is 1.67. The smallest absolute Gasteiger partial charge is 0.214 e. The summed E-state index contributed by atoms with van der Waals surface area (Å²) >= 11 is 5.94. The van der Waals surface area contributed by atoms with E-state index in [0.717, 1.165) is 5.56 Å². The van der Waals surface area contributed by atoms with E-state index >= 15 is 0 Å². The van der Waals surface area contributed by atoms with Crippen LogP contribution in [0.5, 0.6) is 0 Å². The molecule has 0 fully saturated rings. The van der Waals surface area contributed by atoms with E-state index in [-0.39, 0.29) is 5.78 Å². The third-order valence-corrected chi connectivity index (χ3v) is 2.84. The van der Waals surface area contributed by atoms with E-state index in [2.05, 4.69) is 5.10 Å². The molecule has 0 unspecified atom stereocenters. The highest BCUT2D eigenvalue weighted by molar-refractivity contribution is 6.34. The minimum absolute atomic E-state index is 0.212. The topological polar surface area (TPSA) is 60.9 Å². The summed E-state index contributed by atoms with van der Waals surface area (Å²) in [4.78, 5) is 12.3. The predicted octanol–water partition coefficient (Wildman–Crippen LogP) is 2.20. The van der Waals surface area contributed by atoms with Crippen LogP contribution in [0.15, 0.2) is 24.4 Å². The van der Waals surface area contributed by atoms with Gasteiger partial charge < -0.3 is 5.73 Å². The number of ketones is 1. The maximum absolute atomic E-state index is 12.3. The number of rotatable bonds is 2. The number of nitrogens with two attached hydrogens (primary N) is 1. The van der Waals surface area contributed by atoms with E-state index in [1.807, 2.05) is 13.0 Å². The fraction of sp³-hybridized carbons (Fsp3) is 0.167. The molecule has 0 bridgehead atoms. The minimum Gasteiger partial charge on any atom is -0.398 e. The lowest BCUT2D eigenvalue weighted by molar-refractivity contribution is 0.103. The molecule has 0 saturated carbocycles. The van der Waals surface area contributed by atoms with Gasteiger partial charge in [0, 0.05) is 18.3 Å². The van der Waals surface area contributed by atoms with Crippen molar-refractivity contribution in [1.29, 1.82) is 0 Å². The van der Waals surface area contributed by atoms with Gasteiger partial charge in [-0.05, 0) is 19.1 Å². The van der Waals surface area contributed by atoms with Crippen molar-refractivity contribution in [3.05, 3.63) is 46.2 Å². The second-order valence-corrected chi connectivity index (χ2v) is 4.29. The number of nitrogens with zero attached hydrogens (tertiary/aromatic N) is 2. The van der Waals surface area contributed by atoms with Gasteiger partial charge in [-0.3, -0.25) is 9.48 Å². The molecule has 0 spiro atoms. The number of benzene rings is 1. The SMILES string of the molecule is Cc1ccc(N)c(C(=O)c2c(Cl)cnn2C)c1. The average molecular weight is 250 g/mol. The zero-order valence-electron chi connectivity index (χ0n) is 9.57. The van der Waals surface area contributed by atoms with Gasteiger partial charge in [0.25, 0.3) is 0 Å². The first kappa shape index (κ1) is 11.7. The van der Waals surface area contributed by atoms with Crippen molar-refractivity contribution in [3.8, 4) is 0 Å². The first-order valence-corrected chi connectivity index (χ1v) is 5.47. The summed E-state index contributed by atoms with van der Waals surface area (Å²) in [6, 6.07) is 5.32. The molecular formula is C12H12ClN3O. The summed E-state index contributed by atoms with van der Waals surface area (Å²) in [6.07, 6.45) is 1.45. The van der Waals surface area contributed by atoms with Crippen molar-refractivity contribution in [3.63, 3.8) is 0 Å². The van der Waals surface area contributed by atoms with Crippen molar-refractivity contribution in [2.24, 2.45) is 7.05 Å². The van der Waals surface area contributed by atoms with Crippen LogP contribution < -0.4 is 5.73 Å². The van der Waals surface area contributed by atoms with E-state index in [1.165, 1.54) is 10.9 Å². The molecule has 1 heterocycles. The van der Waals surface area contributed by atoms with E-state index in [4.69, 9.17) is 17.3 Å². The Morgan fingerprint density at radius 3 is 2.76 bits per heavy atom. The van der Waals surface area contributed by atoms with Crippen LogP contribution >= 0.6 is 11.6 Å². The first-order valence-electron chi connectivity index (χ1n) is 5.09. The lowest BCUT2D eigenvalue weighted by Crippen LogP contribution is -2.11. The molecule has 88 valence electrons. The Hall–Kier alpha value is -1.81. The van der Waals surface area contributed by atoms with Gasteiger partial charge in [-0.15, -0.1) is 0 Å². The summed E-state index contributed by atoms with van der Waals surface area (Å²) in [5.41, 5.74) is 8.02. The zero-order valence-corrected chi connectivity index (χ0v) is 10.3. The number of aromatic nitrogens is 2. The molecule has 5 heteroatoms. The van der Waals surface area contributed by atoms with Crippen molar-refractivity contribution in [2.75, 3.05) is 5.73 Å². The molecule has 2 rings (SSSR count). The second kappa shape index (κ2) is 4.22. The van der Waals surface area contributed by atoms with Crippen LogP contribution in [0, 0.1) is 6.92 Å². The lowest BCUT2D eigenvalue weighted by atomic mass is 10.0. The molecule has 0 aliphatic rings. The van der Waals surface area contributed by atoms with Gasteiger partial charge in [-0.2, -0.15) is 5.10 Å². The Bertz CT molecular complexity index is 570. The normalized spacial score (nSPS) is 10.5. The van der Waals surface area contributed by atoms with E-state index in [0.29, 0.717) is 22.0 Å². The number of carbonyl (C=O) groups excluding carboxylic acids is 1. The van der Waals surface area contributed by atoms with Crippen LogP contribution in [-0.4, -0.2) is 15.6 Å². The Labute approximate surface area is 104 Å². The number of hydrogen-bond acceptors (Lipinski definition) is 3. The summed E-state index contributed by atoms with van der Waals surface area (Å²) in [5, 5.41) is 4.27. The Kier molecular flexibility index (Phi) is 2.90. The van der Waals surface area contributed by atoms with Gasteiger partial charge in [0.2, 0.25) is 5.78 Å². The summed E-state index contributed by atoms with van der Waals surface area (Å²) in [6.45, 7) is 1.90. The fourth-order valence-corrected chi connectivity index (χ4v) is 1.91. The number of carbonyl (C=O) groups is 1. The Morgan fingerprint density at radius 1 is 1.47 bits per heavy atom. The quantitative estimate of drug-likeness (QED) is 0.656. The highest BCUT2D eigenvalue weighted by atomic mass is 35.5. The van der Waals surface area contributed by atoms with Crippen molar-refractivity contribution >= 4 is 23.1 Å². The number of nitrogen functional groups attached to an aromatic ring is 1. The van der Waals surface area contributed by atoms with E-state index in [1.54, 1.807) is 19.2 Å². The van der Waals surface area contributed by atoms with E-state index in [9.17, 15) is 4.79 Å².